The number of ether oxygens (including phenoxy) is 2. The number of amides is 1. The van der Waals surface area contributed by atoms with Crippen molar-refractivity contribution in [3.63, 3.8) is 0 Å². The Morgan fingerprint density at radius 1 is 1.02 bits per heavy atom. The maximum Gasteiger partial charge on any atom is 0.328 e. The second kappa shape index (κ2) is 16.4. The van der Waals surface area contributed by atoms with Gasteiger partial charge in [0, 0.05) is 23.9 Å². The predicted molar refractivity (Wildman–Crippen MR) is 169 cm³/mol. The first-order chi connectivity index (χ1) is 20.5. The van der Waals surface area contributed by atoms with Gasteiger partial charge in [0.1, 0.15) is 12.1 Å². The van der Waals surface area contributed by atoms with Crippen LogP contribution < -0.4 is 5.32 Å². The fraction of sp³-hybridized carbons (Fsp3) is 0.471. The van der Waals surface area contributed by atoms with Crippen LogP contribution in [0.2, 0.25) is 0 Å². The zero-order chi connectivity index (χ0) is 29.7. The molecule has 2 aromatic carbocycles. The summed E-state index contributed by atoms with van der Waals surface area (Å²) < 4.78 is 11.5. The Morgan fingerprint density at radius 2 is 1.83 bits per heavy atom. The number of carbonyl (C=O) groups is 2. The van der Waals surface area contributed by atoms with E-state index >= 15 is 0 Å². The molecular weight excluding hydrogens is 546 g/mol. The molecule has 1 aliphatic rings. The summed E-state index contributed by atoms with van der Waals surface area (Å²) in [6.45, 7) is 2.67. The molecule has 1 saturated carbocycles. The van der Waals surface area contributed by atoms with Crippen molar-refractivity contribution in [1.82, 2.24) is 15.5 Å². The Kier molecular flexibility index (Phi) is 12.4. The van der Waals surface area contributed by atoms with E-state index < -0.39 is 12.0 Å². The smallest absolute Gasteiger partial charge is 0.328 e. The lowest BCUT2D eigenvalue weighted by Crippen LogP contribution is -2.42. The minimum Gasteiger partial charge on any atom is -0.467 e. The van der Waals surface area contributed by atoms with Crippen LogP contribution in [0.3, 0.4) is 0 Å². The molecule has 224 valence electrons. The lowest BCUT2D eigenvalue weighted by Gasteiger charge is -2.23. The molecule has 1 amide bonds. The van der Waals surface area contributed by atoms with Crippen molar-refractivity contribution in [1.29, 1.82) is 0 Å². The van der Waals surface area contributed by atoms with E-state index in [0.29, 0.717) is 18.6 Å². The Bertz CT molecular complexity index is 1300. The van der Waals surface area contributed by atoms with Crippen LogP contribution in [0.25, 0.3) is 11.1 Å². The number of thioether (sulfide) groups is 1. The van der Waals surface area contributed by atoms with Gasteiger partial charge in [0.05, 0.1) is 13.3 Å². The fourth-order valence-electron chi connectivity index (χ4n) is 5.77. The Labute approximate surface area is 254 Å². The van der Waals surface area contributed by atoms with Crippen molar-refractivity contribution in [3.8, 4) is 11.1 Å². The number of methoxy groups -OCH3 is 1. The topological polar surface area (TPSA) is 90.4 Å². The van der Waals surface area contributed by atoms with Crippen LogP contribution in [-0.2, 0) is 14.3 Å². The van der Waals surface area contributed by atoms with Crippen molar-refractivity contribution in [2.75, 3.05) is 25.7 Å². The van der Waals surface area contributed by atoms with Gasteiger partial charge >= 0.3 is 5.97 Å². The second-order valence-electron chi connectivity index (χ2n) is 11.0. The largest absolute Gasteiger partial charge is 0.467 e. The van der Waals surface area contributed by atoms with Gasteiger partial charge in [-0.2, -0.15) is 22.0 Å². The summed E-state index contributed by atoms with van der Waals surface area (Å²) in [5.41, 5.74) is 5.13. The van der Waals surface area contributed by atoms with E-state index in [1.54, 1.807) is 24.2 Å². The maximum absolute atomic E-state index is 13.7. The van der Waals surface area contributed by atoms with Gasteiger partial charge in [-0.3, -0.25) is 4.79 Å². The zero-order valence-electron chi connectivity index (χ0n) is 25.0. The average molecular weight is 590 g/mol. The Hall–Kier alpha value is -3.23. The highest BCUT2D eigenvalue weighted by Gasteiger charge is 2.25. The number of hydrogen-bond donors (Lipinski definition) is 1. The van der Waals surface area contributed by atoms with Gasteiger partial charge in [-0.05, 0) is 84.6 Å². The summed E-state index contributed by atoms with van der Waals surface area (Å²) in [5.74, 6) is 0.771. The van der Waals surface area contributed by atoms with Gasteiger partial charge < -0.3 is 14.8 Å². The number of esters is 1. The molecule has 2 atom stereocenters. The van der Waals surface area contributed by atoms with Crippen molar-refractivity contribution in [2.45, 2.75) is 70.4 Å². The molecule has 3 aromatic rings. The van der Waals surface area contributed by atoms with Crippen molar-refractivity contribution in [3.05, 3.63) is 83.2 Å². The van der Waals surface area contributed by atoms with Crippen molar-refractivity contribution >= 4 is 23.6 Å². The van der Waals surface area contributed by atoms with Crippen LogP contribution in [0.4, 0.5) is 0 Å². The van der Waals surface area contributed by atoms with Crippen LogP contribution in [0.1, 0.15) is 84.5 Å². The number of hydrogen-bond acceptors (Lipinski definition) is 7. The predicted octanol–water partition coefficient (Wildman–Crippen LogP) is 6.94. The number of aryl methyl sites for hydroxylation is 1. The van der Waals surface area contributed by atoms with Crippen LogP contribution in [0.5, 0.6) is 0 Å². The summed E-state index contributed by atoms with van der Waals surface area (Å²) in [7, 11) is 1.34. The Balaban J connectivity index is 1.64. The van der Waals surface area contributed by atoms with Crippen LogP contribution >= 0.6 is 11.8 Å². The highest BCUT2D eigenvalue weighted by molar-refractivity contribution is 7.98. The molecule has 8 heteroatoms. The monoisotopic (exact) mass is 589 g/mol. The number of benzene rings is 2. The standard InChI is InChI=1S/C34H43N3O4S/c1-24-10-7-8-14-28(24)30-22-26(15-16-29(30)33(38)37-31(18-21-42-3)34(39)40-2)32(27-17-19-35-36-23-27)41-20-9-13-25-11-5-4-6-12-25/h7-8,10,14-17,19,22-23,25,31-32H,4-6,9,11-13,18,20-21H2,1-3H3,(H,37,38)/t31-,32?/m0/s1. The van der Waals surface area contributed by atoms with E-state index in [2.05, 4.69) is 15.5 Å². The molecule has 1 unspecified atom stereocenters. The number of nitrogens with one attached hydrogen (secondary N) is 1. The SMILES string of the molecule is COC(=O)[C@H](CCSC)NC(=O)c1ccc(C(OCCCC2CCCCC2)c2ccnnc2)cc1-c1ccccc1C. The quantitative estimate of drug-likeness (QED) is 0.161. The average Bonchev–Trinajstić information content (AvgIpc) is 3.03. The molecule has 0 aliphatic heterocycles. The van der Waals surface area contributed by atoms with Crippen LogP contribution in [-0.4, -0.2) is 53.8 Å². The number of aromatic nitrogens is 2. The molecule has 0 bridgehead atoms. The second-order valence-corrected chi connectivity index (χ2v) is 12.0. The van der Waals surface area contributed by atoms with Crippen molar-refractivity contribution < 1.29 is 19.1 Å². The summed E-state index contributed by atoms with van der Waals surface area (Å²) in [5, 5.41) is 11.0. The summed E-state index contributed by atoms with van der Waals surface area (Å²) in [4.78, 5) is 26.1. The number of nitrogens with zero attached hydrogens (tertiary/aromatic N) is 2. The third kappa shape index (κ3) is 8.65. The first-order valence-electron chi connectivity index (χ1n) is 15.0. The van der Waals surface area contributed by atoms with E-state index in [9.17, 15) is 9.59 Å². The van der Waals surface area contributed by atoms with Crippen LogP contribution in [0.15, 0.2) is 60.9 Å². The number of rotatable bonds is 14. The third-order valence-corrected chi connectivity index (χ3v) is 8.75. The summed E-state index contributed by atoms with van der Waals surface area (Å²) >= 11 is 1.62. The van der Waals surface area contributed by atoms with E-state index in [1.807, 2.05) is 61.7 Å². The molecule has 0 radical (unpaired) electrons. The first-order valence-corrected chi connectivity index (χ1v) is 16.4. The number of carbonyl (C=O) groups excluding carboxylic acids is 2. The molecule has 0 saturated heterocycles. The van der Waals surface area contributed by atoms with Gasteiger partial charge in [-0.1, -0.05) is 62.4 Å². The molecule has 0 spiro atoms. The van der Waals surface area contributed by atoms with Crippen molar-refractivity contribution in [2.24, 2.45) is 5.92 Å². The lowest BCUT2D eigenvalue weighted by atomic mass is 9.86. The zero-order valence-corrected chi connectivity index (χ0v) is 25.8. The van der Waals surface area contributed by atoms with E-state index in [4.69, 9.17) is 9.47 Å². The maximum atomic E-state index is 13.7. The van der Waals surface area contributed by atoms with Gasteiger partial charge in [0.25, 0.3) is 5.91 Å². The fourth-order valence-corrected chi connectivity index (χ4v) is 6.25. The molecule has 4 rings (SSSR count). The molecule has 1 aliphatic carbocycles. The third-order valence-electron chi connectivity index (χ3n) is 8.10. The molecule has 1 fully saturated rings. The van der Waals surface area contributed by atoms with Gasteiger partial charge in [-0.25, -0.2) is 4.79 Å². The minimum absolute atomic E-state index is 0.313. The highest BCUT2D eigenvalue weighted by Crippen LogP contribution is 2.34. The molecule has 1 heterocycles. The molecule has 1 aromatic heterocycles. The first kappa shape index (κ1) is 31.7. The molecular formula is C34H43N3O4S. The molecule has 1 N–H and O–H groups in total. The van der Waals surface area contributed by atoms with E-state index in [0.717, 1.165) is 45.9 Å². The summed E-state index contributed by atoms with van der Waals surface area (Å²) in [6, 6.07) is 15.0. The molecule has 42 heavy (non-hydrogen) atoms. The van der Waals surface area contributed by atoms with Crippen LogP contribution in [0, 0.1) is 12.8 Å². The molecule has 7 nitrogen and oxygen atoms in total. The van der Waals surface area contributed by atoms with Gasteiger partial charge in [0.15, 0.2) is 0 Å². The normalized spacial score (nSPS) is 15.1. The lowest BCUT2D eigenvalue weighted by molar-refractivity contribution is -0.142. The van der Waals surface area contributed by atoms with Gasteiger partial charge in [-0.15, -0.1) is 0 Å². The van der Waals surface area contributed by atoms with E-state index in [-0.39, 0.29) is 12.0 Å². The van der Waals surface area contributed by atoms with E-state index in [1.165, 1.54) is 45.6 Å². The highest BCUT2D eigenvalue weighted by atomic mass is 32.2. The summed E-state index contributed by atoms with van der Waals surface area (Å²) in [6.07, 6.45) is 14.4. The van der Waals surface area contributed by atoms with Gasteiger partial charge in [0.2, 0.25) is 0 Å². The Morgan fingerprint density at radius 3 is 2.55 bits per heavy atom. The minimum atomic E-state index is -0.720.